The molecule has 1 amide bonds. The maximum Gasteiger partial charge on any atom is 0.328 e. The van der Waals surface area contributed by atoms with Crippen LogP contribution in [0.1, 0.15) is 19.8 Å². The van der Waals surface area contributed by atoms with Crippen molar-refractivity contribution in [3.63, 3.8) is 0 Å². The lowest BCUT2D eigenvalue weighted by Crippen LogP contribution is -2.42. The van der Waals surface area contributed by atoms with E-state index in [0.717, 1.165) is 11.3 Å². The lowest BCUT2D eigenvalue weighted by Gasteiger charge is -2.22. The molecular formula is C15H19NO4S. The first-order chi connectivity index (χ1) is 10.1. The maximum absolute atomic E-state index is 12.3. The highest BCUT2D eigenvalue weighted by atomic mass is 32.2. The van der Waals surface area contributed by atoms with Gasteiger partial charge in [-0.3, -0.25) is 4.79 Å². The van der Waals surface area contributed by atoms with Crippen molar-refractivity contribution < 1.29 is 19.4 Å². The topological polar surface area (TPSA) is 66.8 Å². The largest absolute Gasteiger partial charge is 0.508 e. The van der Waals surface area contributed by atoms with E-state index in [2.05, 4.69) is 0 Å². The molecule has 1 aliphatic rings. The van der Waals surface area contributed by atoms with Gasteiger partial charge in [-0.15, -0.1) is 11.8 Å². The number of aromatic hydroxyl groups is 1. The number of rotatable bonds is 5. The summed E-state index contributed by atoms with van der Waals surface area (Å²) in [5.41, 5.74) is 0. The predicted molar refractivity (Wildman–Crippen MR) is 80.2 cm³/mol. The molecule has 0 spiro atoms. The zero-order valence-corrected chi connectivity index (χ0v) is 12.8. The van der Waals surface area contributed by atoms with Crippen LogP contribution in [0.5, 0.6) is 5.75 Å². The molecule has 0 radical (unpaired) electrons. The molecule has 1 aliphatic heterocycles. The van der Waals surface area contributed by atoms with Gasteiger partial charge in [0.05, 0.1) is 12.4 Å². The van der Waals surface area contributed by atoms with Crippen LogP contribution in [0.15, 0.2) is 29.2 Å². The normalized spacial score (nSPS) is 17.8. The van der Waals surface area contributed by atoms with Crippen LogP contribution in [-0.4, -0.2) is 46.8 Å². The van der Waals surface area contributed by atoms with Gasteiger partial charge in [0, 0.05) is 11.4 Å². The SMILES string of the molecule is CCOC(=O)[C@H]1CCCN1C(=O)CSc1ccc(O)cc1. The van der Waals surface area contributed by atoms with E-state index in [4.69, 9.17) is 4.74 Å². The van der Waals surface area contributed by atoms with Crippen molar-refractivity contribution in [3.8, 4) is 5.75 Å². The first-order valence-corrected chi connectivity index (χ1v) is 7.98. The highest BCUT2D eigenvalue weighted by molar-refractivity contribution is 8.00. The maximum atomic E-state index is 12.3. The second-order valence-corrected chi connectivity index (χ2v) is 5.83. The molecule has 6 heteroatoms. The van der Waals surface area contributed by atoms with Crippen LogP contribution >= 0.6 is 11.8 Å². The fourth-order valence-corrected chi connectivity index (χ4v) is 3.10. The third-order valence-corrected chi connectivity index (χ3v) is 4.33. The van der Waals surface area contributed by atoms with Crippen LogP contribution in [0, 0.1) is 0 Å². The second-order valence-electron chi connectivity index (χ2n) is 4.78. The van der Waals surface area contributed by atoms with Gasteiger partial charge in [-0.05, 0) is 44.0 Å². The van der Waals surface area contributed by atoms with Crippen LogP contribution in [-0.2, 0) is 14.3 Å². The van der Waals surface area contributed by atoms with Crippen molar-refractivity contribution in [1.29, 1.82) is 0 Å². The van der Waals surface area contributed by atoms with E-state index < -0.39 is 6.04 Å². The Bertz CT molecular complexity index is 503. The highest BCUT2D eigenvalue weighted by Crippen LogP contribution is 2.24. The van der Waals surface area contributed by atoms with Gasteiger partial charge in [0.1, 0.15) is 11.8 Å². The molecule has 0 aliphatic carbocycles. The number of ether oxygens (including phenoxy) is 1. The third-order valence-electron chi connectivity index (χ3n) is 3.33. The lowest BCUT2D eigenvalue weighted by molar-refractivity contribution is -0.152. The Hall–Kier alpha value is -1.69. The minimum Gasteiger partial charge on any atom is -0.508 e. The van der Waals surface area contributed by atoms with Crippen LogP contribution in [0.2, 0.25) is 0 Å². The average Bonchev–Trinajstić information content (AvgIpc) is 2.96. The van der Waals surface area contributed by atoms with Crippen molar-refractivity contribution in [2.45, 2.75) is 30.7 Å². The van der Waals surface area contributed by atoms with E-state index in [-0.39, 0.29) is 23.4 Å². The monoisotopic (exact) mass is 309 g/mol. The van der Waals surface area contributed by atoms with Gasteiger partial charge in [-0.25, -0.2) is 4.79 Å². The van der Waals surface area contributed by atoms with Gasteiger partial charge in [0.15, 0.2) is 0 Å². The molecule has 0 saturated carbocycles. The number of thioether (sulfide) groups is 1. The molecular weight excluding hydrogens is 290 g/mol. The summed E-state index contributed by atoms with van der Waals surface area (Å²) in [7, 11) is 0. The second kappa shape index (κ2) is 7.36. The van der Waals surface area contributed by atoms with E-state index in [9.17, 15) is 14.7 Å². The first kappa shape index (κ1) is 15.7. The number of carbonyl (C=O) groups is 2. The molecule has 5 nitrogen and oxygen atoms in total. The van der Waals surface area contributed by atoms with Crippen LogP contribution < -0.4 is 0 Å². The minimum absolute atomic E-state index is 0.0522. The Morgan fingerprint density at radius 3 is 2.76 bits per heavy atom. The molecule has 1 N–H and O–H groups in total. The number of phenolic OH excluding ortho intramolecular Hbond substituents is 1. The summed E-state index contributed by atoms with van der Waals surface area (Å²) in [6, 6.07) is 6.27. The summed E-state index contributed by atoms with van der Waals surface area (Å²) < 4.78 is 5.01. The summed E-state index contributed by atoms with van der Waals surface area (Å²) in [6.07, 6.45) is 1.51. The number of benzene rings is 1. The van der Waals surface area contributed by atoms with Gasteiger partial charge >= 0.3 is 5.97 Å². The number of amides is 1. The summed E-state index contributed by atoms with van der Waals surface area (Å²) in [4.78, 5) is 26.6. The predicted octanol–water partition coefficient (Wildman–Crippen LogP) is 2.04. The number of esters is 1. The van der Waals surface area contributed by atoms with Gasteiger partial charge < -0.3 is 14.7 Å². The Balaban J connectivity index is 1.90. The Morgan fingerprint density at radius 2 is 2.10 bits per heavy atom. The molecule has 1 aromatic rings. The van der Waals surface area contributed by atoms with Crippen LogP contribution in [0.4, 0.5) is 0 Å². The molecule has 1 atom stereocenters. The van der Waals surface area contributed by atoms with Gasteiger partial charge in [0.2, 0.25) is 5.91 Å². The van der Waals surface area contributed by atoms with Crippen molar-refractivity contribution >= 4 is 23.6 Å². The number of hydrogen-bond donors (Lipinski definition) is 1. The van der Waals surface area contributed by atoms with Crippen molar-refractivity contribution in [1.82, 2.24) is 4.90 Å². The zero-order valence-electron chi connectivity index (χ0n) is 11.9. The molecule has 1 saturated heterocycles. The highest BCUT2D eigenvalue weighted by Gasteiger charge is 2.34. The van der Waals surface area contributed by atoms with E-state index in [1.165, 1.54) is 11.8 Å². The van der Waals surface area contributed by atoms with E-state index in [1.807, 2.05) is 0 Å². The molecule has 1 aromatic carbocycles. The standard InChI is InChI=1S/C15H19NO4S/c1-2-20-15(19)13-4-3-9-16(13)14(18)10-21-12-7-5-11(17)6-8-12/h5-8,13,17H,2-4,9-10H2,1H3/t13-/m1/s1. The fraction of sp³-hybridized carbons (Fsp3) is 0.467. The quantitative estimate of drug-likeness (QED) is 0.666. The summed E-state index contributed by atoms with van der Waals surface area (Å²) >= 11 is 1.40. The summed E-state index contributed by atoms with van der Waals surface area (Å²) in [6.45, 7) is 2.71. The number of carbonyl (C=O) groups excluding carboxylic acids is 2. The molecule has 114 valence electrons. The molecule has 2 rings (SSSR count). The smallest absolute Gasteiger partial charge is 0.328 e. The fourth-order valence-electron chi connectivity index (χ4n) is 2.32. The third kappa shape index (κ3) is 4.14. The molecule has 1 heterocycles. The first-order valence-electron chi connectivity index (χ1n) is 6.99. The molecule has 0 unspecified atom stereocenters. The molecule has 0 bridgehead atoms. The van der Waals surface area contributed by atoms with E-state index in [1.54, 1.807) is 36.1 Å². The Morgan fingerprint density at radius 1 is 1.38 bits per heavy atom. The number of likely N-dealkylation sites (tertiary alicyclic amines) is 1. The number of nitrogens with zero attached hydrogens (tertiary/aromatic N) is 1. The van der Waals surface area contributed by atoms with Crippen LogP contribution in [0.25, 0.3) is 0 Å². The van der Waals surface area contributed by atoms with Gasteiger partial charge in [0.25, 0.3) is 0 Å². The number of hydrogen-bond acceptors (Lipinski definition) is 5. The number of phenols is 1. The molecule has 1 fully saturated rings. The molecule has 0 aromatic heterocycles. The summed E-state index contributed by atoms with van der Waals surface area (Å²) in [5, 5.41) is 9.22. The van der Waals surface area contributed by atoms with Crippen LogP contribution in [0.3, 0.4) is 0 Å². The van der Waals surface area contributed by atoms with E-state index >= 15 is 0 Å². The summed E-state index contributed by atoms with van der Waals surface area (Å²) in [5.74, 6) is 0.120. The van der Waals surface area contributed by atoms with Gasteiger partial charge in [-0.1, -0.05) is 0 Å². The van der Waals surface area contributed by atoms with Gasteiger partial charge in [-0.2, -0.15) is 0 Å². The average molecular weight is 309 g/mol. The van der Waals surface area contributed by atoms with Crippen molar-refractivity contribution in [2.75, 3.05) is 18.9 Å². The molecule has 21 heavy (non-hydrogen) atoms. The Kier molecular flexibility index (Phi) is 5.50. The Labute approximate surface area is 128 Å². The van der Waals surface area contributed by atoms with Crippen molar-refractivity contribution in [3.05, 3.63) is 24.3 Å². The van der Waals surface area contributed by atoms with Crippen molar-refractivity contribution in [2.24, 2.45) is 0 Å². The van der Waals surface area contributed by atoms with E-state index in [0.29, 0.717) is 19.6 Å². The minimum atomic E-state index is -0.433. The zero-order chi connectivity index (χ0) is 15.2. The lowest BCUT2D eigenvalue weighted by atomic mass is 10.2.